The van der Waals surface area contributed by atoms with Gasteiger partial charge in [0.25, 0.3) is 0 Å². The Balaban J connectivity index is 1.96. The van der Waals surface area contributed by atoms with Crippen LogP contribution in [0.5, 0.6) is 5.75 Å². The number of benzene rings is 1. The predicted octanol–water partition coefficient (Wildman–Crippen LogP) is 0.636. The molecule has 0 aliphatic rings. The van der Waals surface area contributed by atoms with Gasteiger partial charge in [-0.1, -0.05) is 18.2 Å². The summed E-state index contributed by atoms with van der Waals surface area (Å²) in [5, 5.41) is 14.0. The lowest BCUT2D eigenvalue weighted by atomic mass is 10.3. The third-order valence-electron chi connectivity index (χ3n) is 2.47. The zero-order valence-electron chi connectivity index (χ0n) is 11.3. The van der Waals surface area contributed by atoms with Crippen molar-refractivity contribution in [3.63, 3.8) is 0 Å². The molecule has 1 aromatic carbocycles. The maximum Gasteiger partial charge on any atom is 0.303 e. The molecule has 0 radical (unpaired) electrons. The van der Waals surface area contributed by atoms with E-state index >= 15 is 0 Å². The monoisotopic (exact) mass is 280 g/mol. The summed E-state index contributed by atoms with van der Waals surface area (Å²) in [6.45, 7) is 1.55. The minimum Gasteiger partial charge on any atom is -0.492 e. The smallest absolute Gasteiger partial charge is 0.303 e. The molecule has 1 rings (SSSR count). The predicted molar refractivity (Wildman–Crippen MR) is 74.7 cm³/mol. The molecule has 6 nitrogen and oxygen atoms in total. The quantitative estimate of drug-likeness (QED) is 0.547. The molecule has 0 fully saturated rings. The van der Waals surface area contributed by atoms with Crippen LogP contribution in [0, 0.1) is 0 Å². The minimum atomic E-state index is -0.825. The molecule has 0 saturated carbocycles. The van der Waals surface area contributed by atoms with E-state index in [1.54, 1.807) is 0 Å². The fourth-order valence-electron chi connectivity index (χ4n) is 1.51. The third kappa shape index (κ3) is 8.10. The Kier molecular flexibility index (Phi) is 7.83. The average molecular weight is 280 g/mol. The van der Waals surface area contributed by atoms with E-state index in [-0.39, 0.29) is 18.9 Å². The summed E-state index contributed by atoms with van der Waals surface area (Å²) in [5.74, 6) is -0.181. The molecule has 0 unspecified atom stereocenters. The lowest BCUT2D eigenvalue weighted by Crippen LogP contribution is -2.36. The summed E-state index contributed by atoms with van der Waals surface area (Å²) in [7, 11) is 0. The van der Waals surface area contributed by atoms with E-state index in [1.807, 2.05) is 30.3 Å². The van der Waals surface area contributed by atoms with Crippen LogP contribution in [-0.4, -0.2) is 43.2 Å². The van der Waals surface area contributed by atoms with Crippen molar-refractivity contribution < 1.29 is 19.4 Å². The summed E-state index contributed by atoms with van der Waals surface area (Å²) in [4.78, 5) is 21.7. The van der Waals surface area contributed by atoms with Crippen molar-refractivity contribution in [2.45, 2.75) is 12.8 Å². The number of carbonyl (C=O) groups is 2. The van der Waals surface area contributed by atoms with Crippen molar-refractivity contribution in [1.82, 2.24) is 10.6 Å². The molecule has 0 atom stereocenters. The number of hydrogen-bond acceptors (Lipinski definition) is 4. The Labute approximate surface area is 118 Å². The summed E-state index contributed by atoms with van der Waals surface area (Å²) >= 11 is 0. The van der Waals surface area contributed by atoms with Gasteiger partial charge in [0.05, 0.1) is 13.1 Å². The summed E-state index contributed by atoms with van der Waals surface area (Å²) in [6.07, 6.45) is 0.624. The van der Waals surface area contributed by atoms with Crippen molar-refractivity contribution in [2.24, 2.45) is 0 Å². The molecule has 1 amide bonds. The van der Waals surface area contributed by atoms with Crippen LogP contribution in [-0.2, 0) is 9.59 Å². The van der Waals surface area contributed by atoms with Crippen LogP contribution in [0.15, 0.2) is 30.3 Å². The van der Waals surface area contributed by atoms with Crippen LogP contribution < -0.4 is 15.4 Å². The van der Waals surface area contributed by atoms with Gasteiger partial charge in [-0.2, -0.15) is 0 Å². The lowest BCUT2D eigenvalue weighted by Gasteiger charge is -2.08. The normalized spacial score (nSPS) is 10.0. The van der Waals surface area contributed by atoms with Crippen LogP contribution >= 0.6 is 0 Å². The van der Waals surface area contributed by atoms with Gasteiger partial charge in [-0.3, -0.25) is 9.59 Å². The zero-order valence-corrected chi connectivity index (χ0v) is 11.3. The van der Waals surface area contributed by atoms with Gasteiger partial charge in [0.15, 0.2) is 0 Å². The first-order valence-electron chi connectivity index (χ1n) is 6.55. The van der Waals surface area contributed by atoms with Crippen LogP contribution in [0.25, 0.3) is 0 Å². The van der Waals surface area contributed by atoms with Gasteiger partial charge >= 0.3 is 5.97 Å². The largest absolute Gasteiger partial charge is 0.492 e. The van der Waals surface area contributed by atoms with E-state index < -0.39 is 5.97 Å². The first-order valence-corrected chi connectivity index (χ1v) is 6.55. The minimum absolute atomic E-state index is 0.111. The number of para-hydroxylation sites is 1. The van der Waals surface area contributed by atoms with Gasteiger partial charge in [-0.25, -0.2) is 0 Å². The number of nitrogens with one attached hydrogen (secondary N) is 2. The maximum absolute atomic E-state index is 11.4. The molecule has 0 aliphatic heterocycles. The molecule has 110 valence electrons. The lowest BCUT2D eigenvalue weighted by molar-refractivity contribution is -0.137. The summed E-state index contributed by atoms with van der Waals surface area (Å²) in [6, 6.07) is 9.38. The van der Waals surface area contributed by atoms with Gasteiger partial charge < -0.3 is 20.5 Å². The van der Waals surface area contributed by atoms with E-state index in [1.165, 1.54) is 0 Å². The number of carboxylic acid groups (broad SMARTS) is 1. The second-order valence-corrected chi connectivity index (χ2v) is 4.19. The third-order valence-corrected chi connectivity index (χ3v) is 2.47. The first-order chi connectivity index (χ1) is 9.68. The topological polar surface area (TPSA) is 87.7 Å². The average Bonchev–Trinajstić information content (AvgIpc) is 2.44. The van der Waals surface area contributed by atoms with Crippen LogP contribution in [0.2, 0.25) is 0 Å². The molecule has 0 spiro atoms. The van der Waals surface area contributed by atoms with Gasteiger partial charge in [-0.05, 0) is 25.1 Å². The highest BCUT2D eigenvalue weighted by Gasteiger charge is 2.01. The van der Waals surface area contributed by atoms with Crippen LogP contribution in [0.1, 0.15) is 12.8 Å². The van der Waals surface area contributed by atoms with Gasteiger partial charge in [0.1, 0.15) is 12.4 Å². The van der Waals surface area contributed by atoms with E-state index in [9.17, 15) is 9.59 Å². The molecule has 0 aliphatic carbocycles. The first kappa shape index (κ1) is 16.0. The van der Waals surface area contributed by atoms with Crippen molar-refractivity contribution in [1.29, 1.82) is 0 Å². The molecular weight excluding hydrogens is 260 g/mol. The molecule has 20 heavy (non-hydrogen) atoms. The summed E-state index contributed by atoms with van der Waals surface area (Å²) in [5.41, 5.74) is 0. The fraction of sp³-hybridized carbons (Fsp3) is 0.429. The number of aliphatic carboxylic acids is 1. The SMILES string of the molecule is O=C(O)CCCNCC(=O)NCCOc1ccccc1. The summed E-state index contributed by atoms with van der Waals surface area (Å²) < 4.78 is 5.43. The van der Waals surface area contributed by atoms with Crippen LogP contribution in [0.3, 0.4) is 0 Å². The molecule has 0 heterocycles. The highest BCUT2D eigenvalue weighted by atomic mass is 16.5. The number of ether oxygens (including phenoxy) is 1. The molecule has 0 aromatic heterocycles. The van der Waals surface area contributed by atoms with E-state index in [4.69, 9.17) is 9.84 Å². The van der Waals surface area contributed by atoms with E-state index in [0.29, 0.717) is 26.1 Å². The van der Waals surface area contributed by atoms with Gasteiger partial charge in [-0.15, -0.1) is 0 Å². The second-order valence-electron chi connectivity index (χ2n) is 4.19. The highest BCUT2D eigenvalue weighted by Crippen LogP contribution is 2.07. The van der Waals surface area contributed by atoms with Crippen molar-refractivity contribution in [2.75, 3.05) is 26.2 Å². The maximum atomic E-state index is 11.4. The molecule has 6 heteroatoms. The van der Waals surface area contributed by atoms with Gasteiger partial charge in [0, 0.05) is 6.42 Å². The van der Waals surface area contributed by atoms with Crippen molar-refractivity contribution in [3.05, 3.63) is 30.3 Å². The Morgan fingerprint density at radius 2 is 1.90 bits per heavy atom. The number of amides is 1. The van der Waals surface area contributed by atoms with Crippen molar-refractivity contribution in [3.8, 4) is 5.75 Å². The van der Waals surface area contributed by atoms with E-state index in [2.05, 4.69) is 10.6 Å². The highest BCUT2D eigenvalue weighted by molar-refractivity contribution is 5.77. The molecule has 0 bridgehead atoms. The number of rotatable bonds is 10. The Morgan fingerprint density at radius 1 is 1.15 bits per heavy atom. The molecule has 3 N–H and O–H groups in total. The number of hydrogen-bond donors (Lipinski definition) is 3. The second kappa shape index (κ2) is 9.80. The molecule has 1 aromatic rings. The Bertz CT molecular complexity index is 409. The number of carboxylic acids is 1. The Morgan fingerprint density at radius 3 is 2.60 bits per heavy atom. The molecular formula is C14H20N2O4. The molecule has 0 saturated heterocycles. The Hall–Kier alpha value is -2.08. The standard InChI is InChI=1S/C14H20N2O4/c17-13(11-15-8-4-7-14(18)19)16-9-10-20-12-5-2-1-3-6-12/h1-3,5-6,15H,4,7-11H2,(H,16,17)(H,18,19). The van der Waals surface area contributed by atoms with E-state index in [0.717, 1.165) is 5.75 Å². The fourth-order valence-corrected chi connectivity index (χ4v) is 1.51. The zero-order chi connectivity index (χ0) is 14.6. The van der Waals surface area contributed by atoms with Crippen LogP contribution in [0.4, 0.5) is 0 Å². The van der Waals surface area contributed by atoms with Gasteiger partial charge in [0.2, 0.25) is 5.91 Å². The number of carbonyl (C=O) groups excluding carboxylic acids is 1. The van der Waals surface area contributed by atoms with Crippen molar-refractivity contribution >= 4 is 11.9 Å².